The van der Waals surface area contributed by atoms with Crippen LogP contribution in [-0.4, -0.2) is 19.7 Å². The van der Waals surface area contributed by atoms with E-state index < -0.39 is 0 Å². The summed E-state index contributed by atoms with van der Waals surface area (Å²) in [6.45, 7) is 6.99. The zero-order valence-corrected chi connectivity index (χ0v) is 13.2. The quantitative estimate of drug-likeness (QED) is 0.882. The molecule has 102 valence electrons. The summed E-state index contributed by atoms with van der Waals surface area (Å²) in [6.07, 6.45) is 3.82. The van der Waals surface area contributed by atoms with Crippen LogP contribution in [-0.2, 0) is 19.0 Å². The van der Waals surface area contributed by atoms with Crippen LogP contribution >= 0.6 is 15.9 Å². The molecular weight excluding hydrogens is 306 g/mol. The van der Waals surface area contributed by atoms with Gasteiger partial charge in [0.25, 0.3) is 0 Å². The number of aryl methyl sites for hydroxylation is 1. The predicted molar refractivity (Wildman–Crippen MR) is 79.0 cm³/mol. The average molecular weight is 324 g/mol. The van der Waals surface area contributed by atoms with Crippen molar-refractivity contribution >= 4 is 21.7 Å². The van der Waals surface area contributed by atoms with Crippen molar-refractivity contribution in [2.45, 2.75) is 32.7 Å². The number of halogens is 1. The summed E-state index contributed by atoms with van der Waals surface area (Å²) in [5.41, 5.74) is 1.05. The lowest BCUT2D eigenvalue weighted by Crippen LogP contribution is -2.17. The fourth-order valence-corrected chi connectivity index (χ4v) is 1.98. The fourth-order valence-electron chi connectivity index (χ4n) is 1.60. The molecule has 0 saturated heterocycles. The maximum absolute atomic E-state index is 4.55. The Hall–Kier alpha value is -1.43. The van der Waals surface area contributed by atoms with Crippen LogP contribution in [0.1, 0.15) is 32.2 Å². The SMILES string of the molecule is Cn1cc(CNc2cc(Br)nc(C(C)(C)C)n2)cn1. The molecule has 2 aromatic heterocycles. The first-order valence-electron chi connectivity index (χ1n) is 6.11. The van der Waals surface area contributed by atoms with Crippen LogP contribution in [0.3, 0.4) is 0 Å². The first-order chi connectivity index (χ1) is 8.84. The van der Waals surface area contributed by atoms with Crippen molar-refractivity contribution in [1.29, 1.82) is 0 Å². The summed E-state index contributed by atoms with van der Waals surface area (Å²) < 4.78 is 2.58. The summed E-state index contributed by atoms with van der Waals surface area (Å²) in [5, 5.41) is 7.43. The van der Waals surface area contributed by atoms with Gasteiger partial charge in [0.1, 0.15) is 16.2 Å². The van der Waals surface area contributed by atoms with E-state index in [4.69, 9.17) is 0 Å². The zero-order valence-electron chi connectivity index (χ0n) is 11.6. The zero-order chi connectivity index (χ0) is 14.0. The van der Waals surface area contributed by atoms with Crippen LogP contribution in [0.5, 0.6) is 0 Å². The molecule has 0 aliphatic carbocycles. The largest absolute Gasteiger partial charge is 0.366 e. The minimum atomic E-state index is -0.0749. The lowest BCUT2D eigenvalue weighted by Gasteiger charge is -2.17. The van der Waals surface area contributed by atoms with E-state index in [0.29, 0.717) is 6.54 Å². The number of hydrogen-bond donors (Lipinski definition) is 1. The van der Waals surface area contributed by atoms with Crippen LogP contribution in [0, 0.1) is 0 Å². The highest BCUT2D eigenvalue weighted by molar-refractivity contribution is 9.10. The number of nitrogens with one attached hydrogen (secondary N) is 1. The van der Waals surface area contributed by atoms with Gasteiger partial charge in [0, 0.05) is 36.8 Å². The molecule has 6 heteroatoms. The van der Waals surface area contributed by atoms with E-state index in [2.05, 4.69) is 57.1 Å². The van der Waals surface area contributed by atoms with Gasteiger partial charge in [0.15, 0.2) is 0 Å². The van der Waals surface area contributed by atoms with Crippen molar-refractivity contribution in [1.82, 2.24) is 19.7 Å². The topological polar surface area (TPSA) is 55.6 Å². The standard InChI is InChI=1S/C13H18BrN5/c1-13(2,3)12-17-10(14)5-11(18-12)15-6-9-7-16-19(4)8-9/h5,7-8H,6H2,1-4H3,(H,15,17,18). The summed E-state index contributed by atoms with van der Waals surface area (Å²) in [6, 6.07) is 1.88. The summed E-state index contributed by atoms with van der Waals surface area (Å²) in [4.78, 5) is 8.96. The van der Waals surface area contributed by atoms with E-state index in [0.717, 1.165) is 21.8 Å². The van der Waals surface area contributed by atoms with E-state index in [-0.39, 0.29) is 5.41 Å². The van der Waals surface area contributed by atoms with Gasteiger partial charge in [0.2, 0.25) is 0 Å². The second-order valence-electron chi connectivity index (χ2n) is 5.53. The summed E-state index contributed by atoms with van der Waals surface area (Å²) in [5.74, 6) is 1.63. The molecule has 0 aliphatic rings. The third kappa shape index (κ3) is 3.76. The van der Waals surface area contributed by atoms with Crippen molar-refractivity contribution in [3.63, 3.8) is 0 Å². The highest BCUT2D eigenvalue weighted by Gasteiger charge is 2.18. The van der Waals surface area contributed by atoms with E-state index in [1.54, 1.807) is 4.68 Å². The summed E-state index contributed by atoms with van der Waals surface area (Å²) in [7, 11) is 1.91. The predicted octanol–water partition coefficient (Wildman–Crippen LogP) is 2.88. The van der Waals surface area contributed by atoms with Crippen LogP contribution in [0.25, 0.3) is 0 Å². The van der Waals surface area contributed by atoms with Crippen LogP contribution in [0.2, 0.25) is 0 Å². The molecule has 0 fully saturated rings. The number of nitrogens with zero attached hydrogens (tertiary/aromatic N) is 4. The molecule has 0 atom stereocenters. The lowest BCUT2D eigenvalue weighted by atomic mass is 9.96. The Morgan fingerprint density at radius 1 is 1.32 bits per heavy atom. The number of aromatic nitrogens is 4. The van der Waals surface area contributed by atoms with Crippen LogP contribution < -0.4 is 5.32 Å². The Balaban J connectivity index is 2.14. The van der Waals surface area contributed by atoms with Crippen molar-refractivity contribution in [3.8, 4) is 0 Å². The lowest BCUT2D eigenvalue weighted by molar-refractivity contribution is 0.544. The Morgan fingerprint density at radius 2 is 2.05 bits per heavy atom. The van der Waals surface area contributed by atoms with E-state index in [1.165, 1.54) is 0 Å². The summed E-state index contributed by atoms with van der Waals surface area (Å²) >= 11 is 3.43. The van der Waals surface area contributed by atoms with E-state index >= 15 is 0 Å². The number of anilines is 1. The van der Waals surface area contributed by atoms with Crippen LogP contribution in [0.4, 0.5) is 5.82 Å². The highest BCUT2D eigenvalue weighted by Crippen LogP contribution is 2.22. The van der Waals surface area contributed by atoms with Gasteiger partial charge in [0.05, 0.1) is 6.20 Å². The van der Waals surface area contributed by atoms with Gasteiger partial charge in [-0.05, 0) is 15.9 Å². The van der Waals surface area contributed by atoms with Crippen LogP contribution in [0.15, 0.2) is 23.1 Å². The van der Waals surface area contributed by atoms with Gasteiger partial charge in [-0.3, -0.25) is 4.68 Å². The normalized spacial score (nSPS) is 11.6. The molecule has 1 N–H and O–H groups in total. The fraction of sp³-hybridized carbons (Fsp3) is 0.462. The Labute approximate surface area is 121 Å². The van der Waals surface area contributed by atoms with Crippen molar-refractivity contribution < 1.29 is 0 Å². The molecule has 2 rings (SSSR count). The maximum Gasteiger partial charge on any atom is 0.137 e. The highest BCUT2D eigenvalue weighted by atomic mass is 79.9. The van der Waals surface area contributed by atoms with Crippen molar-refractivity contribution in [2.24, 2.45) is 7.05 Å². The van der Waals surface area contributed by atoms with Gasteiger partial charge in [-0.15, -0.1) is 0 Å². The molecule has 0 amide bonds. The Morgan fingerprint density at radius 3 is 2.63 bits per heavy atom. The average Bonchev–Trinajstić information content (AvgIpc) is 2.71. The molecule has 19 heavy (non-hydrogen) atoms. The third-order valence-corrected chi connectivity index (χ3v) is 3.00. The first kappa shape index (κ1) is 14.0. The van der Waals surface area contributed by atoms with Gasteiger partial charge in [-0.25, -0.2) is 9.97 Å². The number of hydrogen-bond acceptors (Lipinski definition) is 4. The molecule has 2 heterocycles. The molecule has 0 spiro atoms. The van der Waals surface area contributed by atoms with E-state index in [9.17, 15) is 0 Å². The van der Waals surface area contributed by atoms with Gasteiger partial charge >= 0.3 is 0 Å². The second kappa shape index (κ2) is 5.28. The molecule has 0 aliphatic heterocycles. The number of rotatable bonds is 3. The van der Waals surface area contributed by atoms with Gasteiger partial charge in [-0.1, -0.05) is 20.8 Å². The third-order valence-electron chi connectivity index (χ3n) is 2.60. The molecular formula is C13H18BrN5. The molecule has 2 aromatic rings. The smallest absolute Gasteiger partial charge is 0.137 e. The molecule has 0 radical (unpaired) electrons. The van der Waals surface area contributed by atoms with Gasteiger partial charge in [-0.2, -0.15) is 5.10 Å². The monoisotopic (exact) mass is 323 g/mol. The molecule has 0 saturated carbocycles. The molecule has 5 nitrogen and oxygen atoms in total. The molecule has 0 aromatic carbocycles. The first-order valence-corrected chi connectivity index (χ1v) is 6.90. The molecule has 0 unspecified atom stereocenters. The minimum Gasteiger partial charge on any atom is -0.366 e. The van der Waals surface area contributed by atoms with Crippen molar-refractivity contribution in [3.05, 3.63) is 34.5 Å². The van der Waals surface area contributed by atoms with Gasteiger partial charge < -0.3 is 5.32 Å². The van der Waals surface area contributed by atoms with Crippen molar-refractivity contribution in [2.75, 3.05) is 5.32 Å². The molecule has 0 bridgehead atoms. The second-order valence-corrected chi connectivity index (χ2v) is 6.34. The Kier molecular flexibility index (Phi) is 3.89. The Bertz CT molecular complexity index is 571. The maximum atomic E-state index is 4.55. The minimum absolute atomic E-state index is 0.0749. The van der Waals surface area contributed by atoms with E-state index in [1.807, 2.05) is 25.5 Å².